The summed E-state index contributed by atoms with van der Waals surface area (Å²) < 4.78 is 5.39. The second-order valence-corrected chi connectivity index (χ2v) is 6.09. The summed E-state index contributed by atoms with van der Waals surface area (Å²) in [4.78, 5) is 11.4. The lowest BCUT2D eigenvalue weighted by molar-refractivity contribution is -0.308. The summed E-state index contributed by atoms with van der Waals surface area (Å²) >= 11 is 0. The van der Waals surface area contributed by atoms with Crippen LogP contribution in [0.25, 0.3) is 0 Å². The number of azo groups is 1. The third kappa shape index (κ3) is 5.99. The highest BCUT2D eigenvalue weighted by atomic mass is 16.5. The van der Waals surface area contributed by atoms with Gasteiger partial charge < -0.3 is 14.6 Å². The van der Waals surface area contributed by atoms with Crippen molar-refractivity contribution >= 4 is 17.3 Å². The minimum Gasteiger partial charge on any atom is -0.549 e. The SMILES string of the molecule is CCCCCC(C(=O)[O-])c1ccc(N=Nc2ccc(OCC)cc2)cc1. The van der Waals surface area contributed by atoms with Crippen molar-refractivity contribution < 1.29 is 14.6 Å². The van der Waals surface area contributed by atoms with Crippen molar-refractivity contribution in [3.05, 3.63) is 54.1 Å². The van der Waals surface area contributed by atoms with Crippen LogP contribution in [0.15, 0.2) is 58.8 Å². The maximum atomic E-state index is 11.4. The number of benzene rings is 2. The number of unbranched alkanes of at least 4 members (excludes halogenated alkanes) is 2. The molecular weight excluding hydrogens is 328 g/mol. The fraction of sp³-hybridized carbons (Fsp3) is 0.381. The van der Waals surface area contributed by atoms with Gasteiger partial charge in [-0.3, -0.25) is 0 Å². The predicted octanol–water partition coefficient (Wildman–Crippen LogP) is 4.91. The van der Waals surface area contributed by atoms with Crippen LogP contribution in [0, 0.1) is 0 Å². The molecule has 1 unspecified atom stereocenters. The van der Waals surface area contributed by atoms with Gasteiger partial charge in [0.1, 0.15) is 5.75 Å². The van der Waals surface area contributed by atoms with Gasteiger partial charge in [0.05, 0.1) is 18.0 Å². The van der Waals surface area contributed by atoms with E-state index in [1.54, 1.807) is 24.3 Å². The van der Waals surface area contributed by atoms with Gasteiger partial charge in [-0.05, 0) is 55.3 Å². The molecule has 5 heteroatoms. The van der Waals surface area contributed by atoms with E-state index in [2.05, 4.69) is 17.2 Å². The monoisotopic (exact) mass is 353 g/mol. The molecule has 0 aliphatic heterocycles. The Hall–Kier alpha value is -2.69. The van der Waals surface area contributed by atoms with Gasteiger partial charge in [0.2, 0.25) is 0 Å². The van der Waals surface area contributed by atoms with E-state index >= 15 is 0 Å². The largest absolute Gasteiger partial charge is 0.549 e. The summed E-state index contributed by atoms with van der Waals surface area (Å²) in [6.45, 7) is 4.66. The Morgan fingerprint density at radius 1 is 0.962 bits per heavy atom. The Balaban J connectivity index is 2.02. The molecule has 2 aromatic carbocycles. The lowest BCUT2D eigenvalue weighted by Crippen LogP contribution is -2.29. The average molecular weight is 353 g/mol. The van der Waals surface area contributed by atoms with Crippen LogP contribution in [-0.4, -0.2) is 12.6 Å². The van der Waals surface area contributed by atoms with Crippen molar-refractivity contribution in [2.45, 2.75) is 45.4 Å². The highest BCUT2D eigenvalue weighted by Gasteiger charge is 2.12. The van der Waals surface area contributed by atoms with Gasteiger partial charge in [0.15, 0.2) is 0 Å². The summed E-state index contributed by atoms with van der Waals surface area (Å²) in [5, 5.41) is 19.8. The standard InChI is InChI=1S/C21H26N2O3/c1-3-5-6-7-20(21(24)25)16-8-10-17(11-9-16)22-23-18-12-14-19(15-13-18)26-4-2/h8-15,20H,3-7H2,1-2H3,(H,24,25)/p-1. The third-order valence-corrected chi connectivity index (χ3v) is 4.10. The van der Waals surface area contributed by atoms with Gasteiger partial charge in [-0.25, -0.2) is 0 Å². The lowest BCUT2D eigenvalue weighted by atomic mass is 9.93. The quantitative estimate of drug-likeness (QED) is 0.450. The Bertz CT molecular complexity index is 709. The number of carboxylic acid groups (broad SMARTS) is 1. The Morgan fingerprint density at radius 3 is 2.04 bits per heavy atom. The summed E-state index contributed by atoms with van der Waals surface area (Å²) in [6.07, 6.45) is 3.57. The number of hydrogen-bond donors (Lipinski definition) is 0. The summed E-state index contributed by atoms with van der Waals surface area (Å²) in [7, 11) is 0. The third-order valence-electron chi connectivity index (χ3n) is 4.10. The fourth-order valence-corrected chi connectivity index (χ4v) is 2.68. The first kappa shape index (κ1) is 19.6. The van der Waals surface area contributed by atoms with Crippen LogP contribution in [0.3, 0.4) is 0 Å². The van der Waals surface area contributed by atoms with E-state index in [0.29, 0.717) is 18.7 Å². The molecule has 0 amide bonds. The fourth-order valence-electron chi connectivity index (χ4n) is 2.68. The molecule has 0 aliphatic carbocycles. The zero-order valence-corrected chi connectivity index (χ0v) is 15.4. The van der Waals surface area contributed by atoms with Gasteiger partial charge >= 0.3 is 0 Å². The minimum atomic E-state index is -1.02. The Morgan fingerprint density at radius 2 is 1.54 bits per heavy atom. The minimum absolute atomic E-state index is 0.571. The molecule has 0 N–H and O–H groups in total. The zero-order chi connectivity index (χ0) is 18.8. The second kappa shape index (κ2) is 10.3. The molecule has 1 atom stereocenters. The molecule has 0 bridgehead atoms. The van der Waals surface area contributed by atoms with Crippen LogP contribution < -0.4 is 9.84 Å². The number of rotatable bonds is 10. The van der Waals surface area contributed by atoms with Gasteiger partial charge in [-0.2, -0.15) is 10.2 Å². The molecule has 0 fully saturated rings. The lowest BCUT2D eigenvalue weighted by Gasteiger charge is -2.18. The first-order chi connectivity index (χ1) is 12.6. The summed E-state index contributed by atoms with van der Waals surface area (Å²) in [6, 6.07) is 14.5. The van der Waals surface area contributed by atoms with Crippen LogP contribution in [0.5, 0.6) is 5.75 Å². The number of nitrogens with zero attached hydrogens (tertiary/aromatic N) is 2. The van der Waals surface area contributed by atoms with Gasteiger partial charge in [0.25, 0.3) is 0 Å². The summed E-state index contributed by atoms with van der Waals surface area (Å²) in [5.41, 5.74) is 2.15. The van der Waals surface area contributed by atoms with Crippen LogP contribution in [0.2, 0.25) is 0 Å². The molecule has 0 radical (unpaired) electrons. The molecule has 0 spiro atoms. The number of carboxylic acids is 1. The van der Waals surface area contributed by atoms with E-state index < -0.39 is 11.9 Å². The molecule has 2 aromatic rings. The van der Waals surface area contributed by atoms with Crippen LogP contribution >= 0.6 is 0 Å². The highest BCUT2D eigenvalue weighted by molar-refractivity contribution is 5.74. The zero-order valence-electron chi connectivity index (χ0n) is 15.4. The number of carbonyl (C=O) groups is 1. The van der Waals surface area contributed by atoms with Crippen molar-refractivity contribution in [1.82, 2.24) is 0 Å². The van der Waals surface area contributed by atoms with Crippen molar-refractivity contribution in [2.75, 3.05) is 6.61 Å². The van der Waals surface area contributed by atoms with Crippen LogP contribution in [0.4, 0.5) is 11.4 Å². The van der Waals surface area contributed by atoms with E-state index in [-0.39, 0.29) is 0 Å². The molecule has 0 saturated heterocycles. The van der Waals surface area contributed by atoms with E-state index in [4.69, 9.17) is 4.74 Å². The van der Waals surface area contributed by atoms with E-state index in [1.165, 1.54) is 0 Å². The number of carbonyl (C=O) groups excluding carboxylic acids is 1. The smallest absolute Gasteiger partial charge is 0.119 e. The molecule has 0 aromatic heterocycles. The van der Waals surface area contributed by atoms with Crippen molar-refractivity contribution in [3.8, 4) is 5.75 Å². The first-order valence-electron chi connectivity index (χ1n) is 9.09. The summed E-state index contributed by atoms with van der Waals surface area (Å²) in [5.74, 6) is -0.796. The number of ether oxygens (including phenoxy) is 1. The van der Waals surface area contributed by atoms with Crippen molar-refractivity contribution in [3.63, 3.8) is 0 Å². The van der Waals surface area contributed by atoms with Crippen molar-refractivity contribution in [1.29, 1.82) is 0 Å². The topological polar surface area (TPSA) is 74.1 Å². The van der Waals surface area contributed by atoms with Gasteiger partial charge in [-0.15, -0.1) is 0 Å². The van der Waals surface area contributed by atoms with E-state index in [9.17, 15) is 9.90 Å². The maximum absolute atomic E-state index is 11.4. The van der Waals surface area contributed by atoms with E-state index in [1.807, 2.05) is 31.2 Å². The predicted molar refractivity (Wildman–Crippen MR) is 100 cm³/mol. The Labute approximate surface area is 154 Å². The van der Waals surface area contributed by atoms with Crippen LogP contribution in [0.1, 0.15) is 51.0 Å². The first-order valence-corrected chi connectivity index (χ1v) is 9.09. The van der Waals surface area contributed by atoms with Crippen molar-refractivity contribution in [2.24, 2.45) is 10.2 Å². The molecule has 0 saturated carbocycles. The van der Waals surface area contributed by atoms with Crippen LogP contribution in [-0.2, 0) is 4.79 Å². The molecule has 138 valence electrons. The molecular formula is C21H25N2O3-. The number of hydrogen-bond acceptors (Lipinski definition) is 5. The second-order valence-electron chi connectivity index (χ2n) is 6.09. The number of aliphatic carboxylic acids is 1. The molecule has 0 heterocycles. The normalized spacial score (nSPS) is 12.2. The molecule has 2 rings (SSSR count). The Kier molecular flexibility index (Phi) is 7.80. The molecule has 26 heavy (non-hydrogen) atoms. The maximum Gasteiger partial charge on any atom is 0.119 e. The molecule has 5 nitrogen and oxygen atoms in total. The highest BCUT2D eigenvalue weighted by Crippen LogP contribution is 2.26. The van der Waals surface area contributed by atoms with E-state index in [0.717, 1.165) is 36.3 Å². The van der Waals surface area contributed by atoms with Gasteiger partial charge in [0, 0.05) is 11.9 Å². The molecule has 0 aliphatic rings. The average Bonchev–Trinajstić information content (AvgIpc) is 2.65. The van der Waals surface area contributed by atoms with Gasteiger partial charge in [-0.1, -0.05) is 38.3 Å².